The third kappa shape index (κ3) is 1.69. The third-order valence-corrected chi connectivity index (χ3v) is 7.16. The van der Waals surface area contributed by atoms with Crippen LogP contribution < -0.4 is 16.2 Å². The molecule has 3 atom stereocenters. The Morgan fingerprint density at radius 2 is 1.80 bits per heavy atom. The molecule has 7 heteroatoms. The summed E-state index contributed by atoms with van der Waals surface area (Å²) in [6.45, 7) is 3.93. The van der Waals surface area contributed by atoms with E-state index in [0.717, 1.165) is 11.3 Å². The lowest BCUT2D eigenvalue weighted by molar-refractivity contribution is -0.146. The van der Waals surface area contributed by atoms with E-state index in [4.69, 9.17) is 4.98 Å². The number of amides is 2. The molecule has 1 aromatic heterocycles. The number of carbonyl (C=O) groups excluding carboxylic acids is 2. The number of nitrogens with one attached hydrogen (secondary N) is 2. The topological polar surface area (TPSA) is 93.1 Å². The predicted molar refractivity (Wildman–Crippen MR) is 111 cm³/mol. The summed E-state index contributed by atoms with van der Waals surface area (Å²) in [6, 6.07) is 14.0. The molecule has 0 saturated carbocycles. The maximum atomic E-state index is 13.6. The molecule has 2 N–H and O–H groups in total. The molecule has 4 aliphatic rings. The van der Waals surface area contributed by atoms with Gasteiger partial charge < -0.3 is 10.6 Å². The lowest BCUT2D eigenvalue weighted by atomic mass is 9.54. The molecule has 3 aromatic rings. The Labute approximate surface area is 172 Å². The molecule has 1 fully saturated rings. The van der Waals surface area contributed by atoms with Crippen LogP contribution >= 0.6 is 0 Å². The molecule has 5 heterocycles. The lowest BCUT2D eigenvalue weighted by Gasteiger charge is -2.58. The van der Waals surface area contributed by atoms with Crippen LogP contribution in [-0.2, 0) is 20.5 Å². The van der Waals surface area contributed by atoms with Gasteiger partial charge in [-0.2, -0.15) is 0 Å². The second-order valence-corrected chi connectivity index (χ2v) is 8.70. The minimum atomic E-state index is -1.14. The molecule has 30 heavy (non-hydrogen) atoms. The molecule has 0 aliphatic carbocycles. The summed E-state index contributed by atoms with van der Waals surface area (Å²) in [5.41, 5.74) is -0.238. The summed E-state index contributed by atoms with van der Waals surface area (Å²) >= 11 is 0. The number of aromatic nitrogens is 2. The fourth-order valence-electron chi connectivity index (χ4n) is 5.90. The van der Waals surface area contributed by atoms with Gasteiger partial charge >= 0.3 is 0 Å². The standard InChI is InChI=1S/C23H20N4O3/c1-12(2)23-20-24-15-9-5-3-7-13(15)19(29)27(20)17(18(28)26-23)11-22(23)14-8-4-6-10-16(14)25-21(22)30/h3-10,12,17H,11H2,1-2H3,(H,25,30)(H,26,28)/t17-,22+,23+/m1/s1. The number of rotatable bonds is 1. The molecular formula is C23H20N4O3. The molecule has 4 aliphatic heterocycles. The summed E-state index contributed by atoms with van der Waals surface area (Å²) < 4.78 is 1.53. The highest BCUT2D eigenvalue weighted by Gasteiger charge is 2.72. The van der Waals surface area contributed by atoms with E-state index < -0.39 is 17.0 Å². The fourth-order valence-corrected chi connectivity index (χ4v) is 5.90. The third-order valence-electron chi connectivity index (χ3n) is 7.16. The monoisotopic (exact) mass is 400 g/mol. The number of para-hydroxylation sites is 2. The zero-order valence-electron chi connectivity index (χ0n) is 16.6. The fraction of sp³-hybridized carbons (Fsp3) is 0.304. The number of benzene rings is 2. The number of hydrogen-bond acceptors (Lipinski definition) is 4. The highest BCUT2D eigenvalue weighted by atomic mass is 16.2. The quantitative estimate of drug-likeness (QED) is 0.655. The van der Waals surface area contributed by atoms with Crippen molar-refractivity contribution in [2.45, 2.75) is 37.3 Å². The second-order valence-electron chi connectivity index (χ2n) is 8.70. The van der Waals surface area contributed by atoms with Gasteiger partial charge in [-0.25, -0.2) is 4.98 Å². The summed E-state index contributed by atoms with van der Waals surface area (Å²) in [5.74, 6) is -0.128. The SMILES string of the molecule is CC(C)[C@@]12NC(=O)[C@@H](C[C@]13C(=O)Nc1ccccc13)n1c2nc2ccccc2c1=O. The number of anilines is 1. The van der Waals surface area contributed by atoms with E-state index in [1.807, 2.05) is 44.2 Å². The molecule has 0 radical (unpaired) electrons. The van der Waals surface area contributed by atoms with Gasteiger partial charge in [0.15, 0.2) is 0 Å². The van der Waals surface area contributed by atoms with Gasteiger partial charge in [-0.1, -0.05) is 44.2 Å². The van der Waals surface area contributed by atoms with E-state index in [1.165, 1.54) is 4.57 Å². The van der Waals surface area contributed by atoms with Crippen LogP contribution in [0.3, 0.4) is 0 Å². The van der Waals surface area contributed by atoms with Crippen LogP contribution in [0, 0.1) is 5.92 Å². The average Bonchev–Trinajstić information content (AvgIpc) is 3.01. The summed E-state index contributed by atoms with van der Waals surface area (Å²) in [7, 11) is 0. The first-order valence-electron chi connectivity index (χ1n) is 10.2. The minimum absolute atomic E-state index is 0.156. The normalized spacial score (nSPS) is 28.6. The largest absolute Gasteiger partial charge is 0.340 e. The Bertz CT molecular complexity index is 1340. The van der Waals surface area contributed by atoms with Gasteiger partial charge in [0.1, 0.15) is 22.8 Å². The van der Waals surface area contributed by atoms with E-state index in [-0.39, 0.29) is 29.7 Å². The van der Waals surface area contributed by atoms with Gasteiger partial charge in [0.05, 0.1) is 10.9 Å². The maximum Gasteiger partial charge on any atom is 0.262 e. The van der Waals surface area contributed by atoms with Gasteiger partial charge in [0.2, 0.25) is 11.8 Å². The van der Waals surface area contributed by atoms with Crippen LogP contribution in [0.2, 0.25) is 0 Å². The Morgan fingerprint density at radius 3 is 2.60 bits per heavy atom. The van der Waals surface area contributed by atoms with Crippen molar-refractivity contribution in [3.63, 3.8) is 0 Å². The second kappa shape index (κ2) is 5.36. The van der Waals surface area contributed by atoms with Crippen molar-refractivity contribution < 1.29 is 9.59 Å². The first kappa shape index (κ1) is 17.4. The van der Waals surface area contributed by atoms with Crippen molar-refractivity contribution in [3.05, 3.63) is 70.3 Å². The van der Waals surface area contributed by atoms with Crippen LogP contribution in [0.25, 0.3) is 10.9 Å². The zero-order valence-corrected chi connectivity index (χ0v) is 16.6. The molecule has 1 saturated heterocycles. The van der Waals surface area contributed by atoms with Crippen LogP contribution in [0.1, 0.15) is 37.7 Å². The number of piperidine rings is 1. The Hall–Kier alpha value is -3.48. The van der Waals surface area contributed by atoms with Crippen molar-refractivity contribution in [2.24, 2.45) is 5.92 Å². The van der Waals surface area contributed by atoms with Crippen molar-refractivity contribution in [2.75, 3.05) is 5.32 Å². The summed E-state index contributed by atoms with van der Waals surface area (Å²) in [4.78, 5) is 45.1. The first-order chi connectivity index (χ1) is 14.4. The smallest absolute Gasteiger partial charge is 0.262 e. The van der Waals surface area contributed by atoms with E-state index in [1.54, 1.807) is 18.2 Å². The minimum Gasteiger partial charge on any atom is -0.340 e. The van der Waals surface area contributed by atoms with Gasteiger partial charge in [-0.15, -0.1) is 0 Å². The molecule has 2 amide bonds. The van der Waals surface area contributed by atoms with E-state index in [2.05, 4.69) is 10.6 Å². The van der Waals surface area contributed by atoms with Crippen LogP contribution in [0.4, 0.5) is 5.69 Å². The Morgan fingerprint density at radius 1 is 1.07 bits per heavy atom. The molecular weight excluding hydrogens is 380 g/mol. The maximum absolute atomic E-state index is 13.6. The van der Waals surface area contributed by atoms with Crippen molar-refractivity contribution in [3.8, 4) is 0 Å². The molecule has 150 valence electrons. The molecule has 2 bridgehead atoms. The summed E-state index contributed by atoms with van der Waals surface area (Å²) in [5, 5.41) is 6.65. The Balaban J connectivity index is 1.79. The van der Waals surface area contributed by atoms with Gasteiger partial charge in [0.25, 0.3) is 5.56 Å². The summed E-state index contributed by atoms with van der Waals surface area (Å²) in [6.07, 6.45) is 0.229. The highest BCUT2D eigenvalue weighted by Crippen LogP contribution is 2.60. The lowest BCUT2D eigenvalue weighted by Crippen LogP contribution is -2.75. The van der Waals surface area contributed by atoms with Crippen LogP contribution in [-0.4, -0.2) is 21.4 Å². The van der Waals surface area contributed by atoms with E-state index in [0.29, 0.717) is 16.7 Å². The van der Waals surface area contributed by atoms with Crippen molar-refractivity contribution in [1.82, 2.24) is 14.9 Å². The van der Waals surface area contributed by atoms with Crippen LogP contribution in [0.15, 0.2) is 53.3 Å². The molecule has 1 spiro atoms. The predicted octanol–water partition coefficient (Wildman–Crippen LogP) is 2.21. The van der Waals surface area contributed by atoms with Gasteiger partial charge in [-0.05, 0) is 36.1 Å². The Kier molecular flexibility index (Phi) is 3.10. The first-order valence-corrected chi connectivity index (χ1v) is 10.2. The number of nitrogens with zero attached hydrogens (tertiary/aromatic N) is 2. The van der Waals surface area contributed by atoms with Crippen molar-refractivity contribution >= 4 is 28.4 Å². The average molecular weight is 400 g/mol. The molecule has 7 nitrogen and oxygen atoms in total. The number of fused-ring (bicyclic) bond motifs is 3. The number of hydrogen-bond donors (Lipinski definition) is 2. The van der Waals surface area contributed by atoms with Gasteiger partial charge in [-0.3, -0.25) is 19.0 Å². The molecule has 2 aromatic carbocycles. The van der Waals surface area contributed by atoms with E-state index in [9.17, 15) is 14.4 Å². The molecule has 0 unspecified atom stereocenters. The van der Waals surface area contributed by atoms with Crippen LogP contribution in [0.5, 0.6) is 0 Å². The van der Waals surface area contributed by atoms with E-state index >= 15 is 0 Å². The number of carbonyl (C=O) groups is 2. The highest BCUT2D eigenvalue weighted by molar-refractivity contribution is 6.09. The zero-order chi connectivity index (χ0) is 20.8. The molecule has 7 rings (SSSR count). The van der Waals surface area contributed by atoms with Crippen molar-refractivity contribution in [1.29, 1.82) is 0 Å². The van der Waals surface area contributed by atoms with Gasteiger partial charge in [0, 0.05) is 5.69 Å².